The third-order valence-electron chi connectivity index (χ3n) is 5.30. The SMILES string of the molecule is c1cc2c(cc1-c1nc(CNC3CCC4(CC3)OCCO4)cs1)OCO2. The molecule has 1 aliphatic carbocycles. The number of hydrogen-bond donors (Lipinski definition) is 1. The lowest BCUT2D eigenvalue weighted by Crippen LogP contribution is -2.41. The van der Waals surface area contributed by atoms with Gasteiger partial charge >= 0.3 is 0 Å². The predicted molar refractivity (Wildman–Crippen MR) is 97.4 cm³/mol. The number of nitrogens with one attached hydrogen (secondary N) is 1. The zero-order valence-electron chi connectivity index (χ0n) is 14.5. The summed E-state index contributed by atoms with van der Waals surface area (Å²) in [6.07, 6.45) is 4.12. The van der Waals surface area contributed by atoms with E-state index in [1.54, 1.807) is 11.3 Å². The highest BCUT2D eigenvalue weighted by atomic mass is 32.1. The van der Waals surface area contributed by atoms with E-state index in [4.69, 9.17) is 23.9 Å². The molecule has 1 N–H and O–H groups in total. The first-order valence-electron chi connectivity index (χ1n) is 9.15. The molecule has 3 heterocycles. The minimum atomic E-state index is -0.286. The number of nitrogens with zero attached hydrogens (tertiary/aromatic N) is 1. The second kappa shape index (κ2) is 6.81. The Morgan fingerprint density at radius 1 is 1.12 bits per heavy atom. The number of fused-ring (bicyclic) bond motifs is 1. The van der Waals surface area contributed by atoms with Crippen molar-refractivity contribution in [2.45, 2.75) is 44.1 Å². The van der Waals surface area contributed by atoms with Crippen molar-refractivity contribution in [3.8, 4) is 22.1 Å². The number of hydrogen-bond acceptors (Lipinski definition) is 7. The van der Waals surface area contributed by atoms with Crippen molar-refractivity contribution in [2.75, 3.05) is 20.0 Å². The van der Waals surface area contributed by atoms with Crippen LogP contribution >= 0.6 is 11.3 Å². The summed E-state index contributed by atoms with van der Waals surface area (Å²) in [4.78, 5) is 4.77. The minimum absolute atomic E-state index is 0.286. The van der Waals surface area contributed by atoms with Crippen LogP contribution < -0.4 is 14.8 Å². The summed E-state index contributed by atoms with van der Waals surface area (Å²) < 4.78 is 22.4. The lowest BCUT2D eigenvalue weighted by Gasteiger charge is -2.35. The molecule has 0 radical (unpaired) electrons. The highest BCUT2D eigenvalue weighted by Crippen LogP contribution is 2.37. The van der Waals surface area contributed by atoms with Crippen molar-refractivity contribution < 1.29 is 18.9 Å². The second-order valence-electron chi connectivity index (χ2n) is 6.97. The molecule has 0 amide bonds. The van der Waals surface area contributed by atoms with Crippen LogP contribution in [0.5, 0.6) is 11.5 Å². The third-order valence-corrected chi connectivity index (χ3v) is 6.24. The summed E-state index contributed by atoms with van der Waals surface area (Å²) in [5.41, 5.74) is 2.15. The van der Waals surface area contributed by atoms with E-state index in [-0.39, 0.29) is 5.79 Å². The van der Waals surface area contributed by atoms with E-state index in [0.29, 0.717) is 12.8 Å². The van der Waals surface area contributed by atoms with Gasteiger partial charge in [0.2, 0.25) is 6.79 Å². The Balaban J connectivity index is 1.18. The van der Waals surface area contributed by atoms with Crippen molar-refractivity contribution in [2.24, 2.45) is 0 Å². The molecule has 0 atom stereocenters. The molecule has 5 rings (SSSR count). The molecule has 26 heavy (non-hydrogen) atoms. The van der Waals surface area contributed by atoms with Crippen LogP contribution in [0.4, 0.5) is 0 Å². The molecule has 3 aliphatic rings. The fourth-order valence-electron chi connectivity index (χ4n) is 3.85. The predicted octanol–water partition coefficient (Wildman–Crippen LogP) is 3.31. The largest absolute Gasteiger partial charge is 0.454 e. The maximum atomic E-state index is 5.80. The van der Waals surface area contributed by atoms with E-state index < -0.39 is 0 Å². The maximum absolute atomic E-state index is 5.80. The molecule has 1 saturated carbocycles. The normalized spacial score (nSPS) is 21.5. The van der Waals surface area contributed by atoms with Crippen molar-refractivity contribution in [3.63, 3.8) is 0 Å². The fourth-order valence-corrected chi connectivity index (χ4v) is 4.66. The first-order valence-corrected chi connectivity index (χ1v) is 10.0. The van der Waals surface area contributed by atoms with Gasteiger partial charge in [-0.1, -0.05) is 0 Å². The second-order valence-corrected chi connectivity index (χ2v) is 7.83. The molecule has 7 heteroatoms. The molecule has 2 fully saturated rings. The number of thiazole rings is 1. The van der Waals surface area contributed by atoms with Crippen LogP contribution in [-0.4, -0.2) is 36.8 Å². The van der Waals surface area contributed by atoms with Crippen molar-refractivity contribution in [3.05, 3.63) is 29.3 Å². The van der Waals surface area contributed by atoms with Crippen LogP contribution in [0.25, 0.3) is 10.6 Å². The summed E-state index contributed by atoms with van der Waals surface area (Å²) >= 11 is 1.66. The van der Waals surface area contributed by atoms with Gasteiger partial charge < -0.3 is 24.3 Å². The fraction of sp³-hybridized carbons (Fsp3) is 0.526. The third kappa shape index (κ3) is 3.20. The van der Waals surface area contributed by atoms with Crippen LogP contribution in [0.15, 0.2) is 23.6 Å². The van der Waals surface area contributed by atoms with Crippen LogP contribution in [0.3, 0.4) is 0 Å². The quantitative estimate of drug-likeness (QED) is 0.886. The van der Waals surface area contributed by atoms with Gasteiger partial charge in [-0.15, -0.1) is 11.3 Å². The molecule has 1 aromatic heterocycles. The van der Waals surface area contributed by atoms with E-state index in [9.17, 15) is 0 Å². The van der Waals surface area contributed by atoms with E-state index in [0.717, 1.165) is 73.2 Å². The van der Waals surface area contributed by atoms with Gasteiger partial charge in [-0.3, -0.25) is 0 Å². The zero-order valence-corrected chi connectivity index (χ0v) is 15.3. The summed E-state index contributed by atoms with van der Waals surface area (Å²) in [5, 5.41) is 6.77. The summed E-state index contributed by atoms with van der Waals surface area (Å²) in [6.45, 7) is 2.56. The molecular formula is C19H22N2O4S. The molecule has 1 saturated heterocycles. The minimum Gasteiger partial charge on any atom is -0.454 e. The maximum Gasteiger partial charge on any atom is 0.231 e. The first kappa shape index (κ1) is 16.5. The molecule has 0 bridgehead atoms. The Hall–Kier alpha value is -1.67. The average Bonchev–Trinajstić information content (AvgIpc) is 3.42. The lowest BCUT2D eigenvalue weighted by molar-refractivity contribution is -0.179. The molecule has 1 aromatic carbocycles. The van der Waals surface area contributed by atoms with E-state index in [1.165, 1.54) is 0 Å². The zero-order chi connectivity index (χ0) is 17.4. The van der Waals surface area contributed by atoms with Crippen LogP contribution in [-0.2, 0) is 16.0 Å². The van der Waals surface area contributed by atoms with Crippen molar-refractivity contribution >= 4 is 11.3 Å². The molecule has 2 aliphatic heterocycles. The summed E-state index contributed by atoms with van der Waals surface area (Å²) in [7, 11) is 0. The highest BCUT2D eigenvalue weighted by molar-refractivity contribution is 7.13. The smallest absolute Gasteiger partial charge is 0.231 e. The molecule has 0 unspecified atom stereocenters. The van der Waals surface area contributed by atoms with Gasteiger partial charge in [-0.25, -0.2) is 4.98 Å². The van der Waals surface area contributed by atoms with Gasteiger partial charge in [-0.05, 0) is 31.0 Å². The topological polar surface area (TPSA) is 61.8 Å². The van der Waals surface area contributed by atoms with Crippen LogP contribution in [0.1, 0.15) is 31.4 Å². The van der Waals surface area contributed by atoms with Crippen LogP contribution in [0, 0.1) is 0 Å². The lowest BCUT2D eigenvalue weighted by atomic mass is 9.90. The van der Waals surface area contributed by atoms with Gasteiger partial charge in [0.1, 0.15) is 5.01 Å². The van der Waals surface area contributed by atoms with E-state index >= 15 is 0 Å². The number of aromatic nitrogens is 1. The molecule has 138 valence electrons. The van der Waals surface area contributed by atoms with Gasteiger partial charge in [0, 0.05) is 36.4 Å². The van der Waals surface area contributed by atoms with Gasteiger partial charge in [0.05, 0.1) is 18.9 Å². The Morgan fingerprint density at radius 2 is 1.92 bits per heavy atom. The Labute approximate surface area is 156 Å². The average molecular weight is 374 g/mol. The number of rotatable bonds is 4. The number of ether oxygens (including phenoxy) is 4. The molecule has 2 aromatic rings. The Bertz CT molecular complexity index is 778. The van der Waals surface area contributed by atoms with Crippen molar-refractivity contribution in [1.82, 2.24) is 10.3 Å². The summed E-state index contributed by atoms with van der Waals surface area (Å²) in [5.74, 6) is 1.31. The van der Waals surface area contributed by atoms with Gasteiger partial charge in [-0.2, -0.15) is 0 Å². The Kier molecular flexibility index (Phi) is 4.32. The van der Waals surface area contributed by atoms with E-state index in [1.807, 2.05) is 18.2 Å². The summed E-state index contributed by atoms with van der Waals surface area (Å²) in [6, 6.07) is 6.48. The Morgan fingerprint density at radius 3 is 2.77 bits per heavy atom. The monoisotopic (exact) mass is 374 g/mol. The highest BCUT2D eigenvalue weighted by Gasteiger charge is 2.40. The molecule has 1 spiro atoms. The number of benzene rings is 1. The van der Waals surface area contributed by atoms with Crippen molar-refractivity contribution in [1.29, 1.82) is 0 Å². The van der Waals surface area contributed by atoms with Gasteiger partial charge in [0.15, 0.2) is 17.3 Å². The standard InChI is InChI=1S/C19H22N2O4S/c1-2-16-17(23-12-22-16)9-13(1)18-21-15(11-26-18)10-20-14-3-5-19(6-4-14)24-7-8-25-19/h1-2,9,11,14,20H,3-8,10,12H2. The molecular weight excluding hydrogens is 352 g/mol. The van der Waals surface area contributed by atoms with Gasteiger partial charge in [0.25, 0.3) is 0 Å². The van der Waals surface area contributed by atoms with E-state index in [2.05, 4.69) is 10.7 Å². The van der Waals surface area contributed by atoms with Crippen LogP contribution in [0.2, 0.25) is 0 Å². The first-order chi connectivity index (χ1) is 12.8. The molecule has 6 nitrogen and oxygen atoms in total.